The number of likely N-dealkylation sites (N-methyl/N-ethyl adjacent to an activating group) is 1. The van der Waals surface area contributed by atoms with E-state index in [4.69, 9.17) is 21.4 Å². The molecular formula is C11H15ClN2O3. The zero-order chi connectivity index (χ0) is 12.8. The average molecular weight is 259 g/mol. The maximum atomic E-state index is 10.9. The van der Waals surface area contributed by atoms with Crippen LogP contribution < -0.4 is 4.90 Å². The maximum absolute atomic E-state index is 10.9. The van der Waals surface area contributed by atoms with Crippen molar-refractivity contribution in [3.05, 3.63) is 22.8 Å². The van der Waals surface area contributed by atoms with Crippen molar-refractivity contribution in [2.75, 3.05) is 31.7 Å². The number of carboxylic acids is 1. The van der Waals surface area contributed by atoms with Gasteiger partial charge in [0.2, 0.25) is 0 Å². The van der Waals surface area contributed by atoms with Gasteiger partial charge in [0.15, 0.2) is 0 Å². The molecule has 0 unspecified atom stereocenters. The van der Waals surface area contributed by atoms with E-state index in [9.17, 15) is 4.79 Å². The molecule has 0 fully saturated rings. The van der Waals surface area contributed by atoms with E-state index in [0.29, 0.717) is 25.6 Å². The van der Waals surface area contributed by atoms with Crippen molar-refractivity contribution < 1.29 is 14.6 Å². The summed E-state index contributed by atoms with van der Waals surface area (Å²) in [5.74, 6) is -0.497. The van der Waals surface area contributed by atoms with Crippen LogP contribution in [-0.2, 0) is 4.74 Å². The molecule has 0 aliphatic carbocycles. The molecule has 1 heterocycles. The van der Waals surface area contributed by atoms with Crippen molar-refractivity contribution in [1.82, 2.24) is 4.98 Å². The van der Waals surface area contributed by atoms with Crippen molar-refractivity contribution in [2.24, 2.45) is 0 Å². The summed E-state index contributed by atoms with van der Waals surface area (Å²) in [6, 6.07) is 2.81. The van der Waals surface area contributed by atoms with Crippen molar-refractivity contribution in [1.29, 1.82) is 0 Å². The number of hydrogen-bond acceptors (Lipinski definition) is 4. The molecule has 0 atom stereocenters. The van der Waals surface area contributed by atoms with Crippen LogP contribution in [0.4, 0.5) is 5.82 Å². The predicted molar refractivity (Wildman–Crippen MR) is 66.0 cm³/mol. The Balaban J connectivity index is 2.78. The number of aromatic nitrogens is 1. The van der Waals surface area contributed by atoms with E-state index >= 15 is 0 Å². The third-order valence-electron chi connectivity index (χ3n) is 2.19. The zero-order valence-electron chi connectivity index (χ0n) is 9.81. The highest BCUT2D eigenvalue weighted by atomic mass is 35.5. The summed E-state index contributed by atoms with van der Waals surface area (Å²) in [5, 5.41) is 9.07. The number of carboxylic acid groups (broad SMARTS) is 1. The molecule has 0 radical (unpaired) electrons. The second-order valence-electron chi connectivity index (χ2n) is 3.46. The molecule has 94 valence electrons. The summed E-state index contributed by atoms with van der Waals surface area (Å²) in [6.07, 6.45) is 0. The normalized spacial score (nSPS) is 10.3. The third kappa shape index (κ3) is 4.20. The van der Waals surface area contributed by atoms with Gasteiger partial charge in [-0.1, -0.05) is 11.6 Å². The fourth-order valence-corrected chi connectivity index (χ4v) is 1.47. The molecule has 0 bridgehead atoms. The van der Waals surface area contributed by atoms with Crippen LogP contribution in [0.3, 0.4) is 0 Å². The van der Waals surface area contributed by atoms with Gasteiger partial charge in [0.25, 0.3) is 0 Å². The highest BCUT2D eigenvalue weighted by molar-refractivity contribution is 6.29. The van der Waals surface area contributed by atoms with E-state index in [1.807, 2.05) is 14.0 Å². The van der Waals surface area contributed by atoms with Gasteiger partial charge in [-0.25, -0.2) is 9.78 Å². The zero-order valence-corrected chi connectivity index (χ0v) is 10.6. The number of carbonyl (C=O) groups is 1. The van der Waals surface area contributed by atoms with Crippen LogP contribution in [0.5, 0.6) is 0 Å². The van der Waals surface area contributed by atoms with E-state index in [1.54, 1.807) is 4.90 Å². The van der Waals surface area contributed by atoms with Gasteiger partial charge in [0.1, 0.15) is 11.0 Å². The van der Waals surface area contributed by atoms with Gasteiger partial charge in [0.05, 0.1) is 12.2 Å². The number of rotatable bonds is 6. The SMILES string of the molecule is CCOCCN(C)c1cc(C(=O)O)cc(Cl)n1. The van der Waals surface area contributed by atoms with Crippen LogP contribution >= 0.6 is 11.6 Å². The Bertz CT molecular complexity index is 398. The molecule has 1 aromatic rings. The van der Waals surface area contributed by atoms with Gasteiger partial charge >= 0.3 is 5.97 Å². The highest BCUT2D eigenvalue weighted by Gasteiger charge is 2.10. The highest BCUT2D eigenvalue weighted by Crippen LogP contribution is 2.17. The van der Waals surface area contributed by atoms with E-state index in [2.05, 4.69) is 4.98 Å². The second kappa shape index (κ2) is 6.42. The number of nitrogens with zero attached hydrogens (tertiary/aromatic N) is 2. The average Bonchev–Trinajstić information content (AvgIpc) is 2.28. The largest absolute Gasteiger partial charge is 0.478 e. The van der Waals surface area contributed by atoms with Crippen LogP contribution in [-0.4, -0.2) is 42.9 Å². The van der Waals surface area contributed by atoms with E-state index in [-0.39, 0.29) is 10.7 Å². The Morgan fingerprint density at radius 1 is 1.59 bits per heavy atom. The molecule has 6 heteroatoms. The van der Waals surface area contributed by atoms with Crippen LogP contribution in [0.2, 0.25) is 5.15 Å². The van der Waals surface area contributed by atoms with Crippen molar-refractivity contribution in [2.45, 2.75) is 6.92 Å². The van der Waals surface area contributed by atoms with Crippen molar-refractivity contribution >= 4 is 23.4 Å². The first-order valence-electron chi connectivity index (χ1n) is 5.24. The molecule has 0 amide bonds. The monoisotopic (exact) mass is 258 g/mol. The van der Waals surface area contributed by atoms with Crippen LogP contribution in [0.1, 0.15) is 17.3 Å². The molecular weight excluding hydrogens is 244 g/mol. The summed E-state index contributed by atoms with van der Waals surface area (Å²) < 4.78 is 5.21. The Hall–Kier alpha value is -1.33. The fourth-order valence-electron chi connectivity index (χ4n) is 1.26. The lowest BCUT2D eigenvalue weighted by molar-refractivity contribution is 0.0697. The maximum Gasteiger partial charge on any atom is 0.335 e. The lowest BCUT2D eigenvalue weighted by Gasteiger charge is -2.18. The topological polar surface area (TPSA) is 62.7 Å². The van der Waals surface area contributed by atoms with Gasteiger partial charge in [-0.05, 0) is 19.1 Å². The summed E-state index contributed by atoms with van der Waals surface area (Å²) >= 11 is 5.77. The molecule has 5 nitrogen and oxygen atoms in total. The van der Waals surface area contributed by atoms with Gasteiger partial charge < -0.3 is 14.7 Å². The quantitative estimate of drug-likeness (QED) is 0.624. The Morgan fingerprint density at radius 2 is 2.29 bits per heavy atom. The van der Waals surface area contributed by atoms with Crippen molar-refractivity contribution in [3.63, 3.8) is 0 Å². The van der Waals surface area contributed by atoms with Crippen LogP contribution in [0, 0.1) is 0 Å². The minimum atomic E-state index is -1.02. The van der Waals surface area contributed by atoms with Crippen LogP contribution in [0.15, 0.2) is 12.1 Å². The molecule has 1 N–H and O–H groups in total. The Morgan fingerprint density at radius 3 is 2.88 bits per heavy atom. The number of aromatic carboxylic acids is 1. The fraction of sp³-hybridized carbons (Fsp3) is 0.455. The molecule has 0 spiro atoms. The van der Waals surface area contributed by atoms with Crippen molar-refractivity contribution in [3.8, 4) is 0 Å². The first-order valence-corrected chi connectivity index (χ1v) is 5.62. The smallest absolute Gasteiger partial charge is 0.335 e. The summed E-state index contributed by atoms with van der Waals surface area (Å²) in [6.45, 7) is 3.75. The molecule has 1 aromatic heterocycles. The number of hydrogen-bond donors (Lipinski definition) is 1. The molecule has 1 rings (SSSR count). The van der Waals surface area contributed by atoms with Gasteiger partial charge in [-0.15, -0.1) is 0 Å². The lowest BCUT2D eigenvalue weighted by Crippen LogP contribution is -2.23. The number of anilines is 1. The Kier molecular flexibility index (Phi) is 5.18. The first kappa shape index (κ1) is 13.7. The molecule has 0 aliphatic heterocycles. The van der Waals surface area contributed by atoms with E-state index < -0.39 is 5.97 Å². The van der Waals surface area contributed by atoms with Crippen LogP contribution in [0.25, 0.3) is 0 Å². The molecule has 17 heavy (non-hydrogen) atoms. The van der Waals surface area contributed by atoms with Gasteiger partial charge in [-0.3, -0.25) is 0 Å². The van der Waals surface area contributed by atoms with Gasteiger partial charge in [-0.2, -0.15) is 0 Å². The number of halogens is 1. The minimum Gasteiger partial charge on any atom is -0.478 e. The van der Waals surface area contributed by atoms with E-state index in [1.165, 1.54) is 12.1 Å². The first-order chi connectivity index (χ1) is 8.04. The third-order valence-corrected chi connectivity index (χ3v) is 2.39. The lowest BCUT2D eigenvalue weighted by atomic mass is 10.2. The molecule has 0 saturated carbocycles. The Labute approximate surface area is 105 Å². The second-order valence-corrected chi connectivity index (χ2v) is 3.85. The predicted octanol–water partition coefficient (Wildman–Crippen LogP) is 1.91. The molecule has 0 aromatic carbocycles. The standard InChI is InChI=1S/C11H15ClN2O3/c1-3-17-5-4-14(2)10-7-8(11(15)16)6-9(12)13-10/h6-7H,3-5H2,1-2H3,(H,15,16). The number of pyridine rings is 1. The minimum absolute atomic E-state index is 0.128. The number of ether oxygens (including phenoxy) is 1. The molecule has 0 saturated heterocycles. The summed E-state index contributed by atoms with van der Waals surface area (Å²) in [7, 11) is 1.81. The summed E-state index contributed by atoms with van der Waals surface area (Å²) in [5.41, 5.74) is 0.128. The summed E-state index contributed by atoms with van der Waals surface area (Å²) in [4.78, 5) is 16.7. The van der Waals surface area contributed by atoms with Gasteiger partial charge in [0, 0.05) is 20.2 Å². The molecule has 0 aliphatic rings. The van der Waals surface area contributed by atoms with E-state index in [0.717, 1.165) is 0 Å².